The van der Waals surface area contributed by atoms with E-state index in [2.05, 4.69) is 0 Å². The molecule has 0 saturated carbocycles. The number of ketones is 3. The molecule has 2 N–H and O–H groups in total. The van der Waals surface area contributed by atoms with Crippen molar-refractivity contribution in [2.24, 2.45) is 0 Å². The summed E-state index contributed by atoms with van der Waals surface area (Å²) in [7, 11) is 0. The van der Waals surface area contributed by atoms with Crippen LogP contribution >= 0.6 is 0 Å². The third kappa shape index (κ3) is 2.91. The van der Waals surface area contributed by atoms with E-state index < -0.39 is 58.7 Å². The lowest BCUT2D eigenvalue weighted by Gasteiger charge is -2.35. The number of phenols is 1. The van der Waals surface area contributed by atoms with E-state index in [1.54, 1.807) is 13.0 Å². The Labute approximate surface area is 225 Å². The van der Waals surface area contributed by atoms with Gasteiger partial charge in [-0.25, -0.2) is 0 Å². The van der Waals surface area contributed by atoms with E-state index >= 15 is 0 Å². The summed E-state index contributed by atoms with van der Waals surface area (Å²) in [6.45, 7) is 5.57. The molecule has 8 atom stereocenters. The molecule has 0 bridgehead atoms. The molecule has 206 valence electrons. The van der Waals surface area contributed by atoms with Gasteiger partial charge >= 0.3 is 0 Å². The summed E-state index contributed by atoms with van der Waals surface area (Å²) < 4.78 is 28.9. The van der Waals surface area contributed by atoms with Crippen LogP contribution in [-0.4, -0.2) is 76.4 Å². The molecule has 11 heteroatoms. The van der Waals surface area contributed by atoms with Gasteiger partial charge in [-0.05, 0) is 38.5 Å². The van der Waals surface area contributed by atoms with Crippen molar-refractivity contribution < 1.29 is 48.0 Å². The van der Waals surface area contributed by atoms with Crippen LogP contribution in [0.15, 0.2) is 27.4 Å². The number of carbonyl (C=O) groups excluding carboxylic acids is 3. The lowest BCUT2D eigenvalue weighted by atomic mass is 9.75. The highest BCUT2D eigenvalue weighted by atomic mass is 16.7. The second-order valence-electron chi connectivity index (χ2n) is 11.6. The molecule has 0 spiro atoms. The molecule has 8 unspecified atom stereocenters. The summed E-state index contributed by atoms with van der Waals surface area (Å²) in [4.78, 5) is 53.1. The molecule has 11 nitrogen and oxygen atoms in total. The first kappa shape index (κ1) is 24.3. The maximum Gasteiger partial charge on any atom is 0.205 e. The molecule has 8 rings (SSSR count). The number of carbonyl (C=O) groups is 3. The molecule has 4 saturated heterocycles. The fraction of sp³-hybridized carbons (Fsp3) is 0.448. The van der Waals surface area contributed by atoms with Gasteiger partial charge in [0, 0.05) is 28.8 Å². The normalized spacial score (nSPS) is 38.0. The van der Waals surface area contributed by atoms with Crippen LogP contribution in [0.3, 0.4) is 0 Å². The molecule has 4 aliphatic heterocycles. The third-order valence-electron chi connectivity index (χ3n) is 9.08. The van der Waals surface area contributed by atoms with Crippen molar-refractivity contribution in [3.8, 4) is 5.75 Å². The predicted octanol–water partition coefficient (Wildman–Crippen LogP) is 1.60. The van der Waals surface area contributed by atoms with E-state index in [0.29, 0.717) is 17.9 Å². The van der Waals surface area contributed by atoms with Gasteiger partial charge in [0.2, 0.25) is 5.78 Å². The van der Waals surface area contributed by atoms with Crippen molar-refractivity contribution in [2.45, 2.75) is 75.0 Å². The Bertz CT molecular complexity index is 1800. The number of epoxide rings is 3. The number of hydrogen-bond acceptors (Lipinski definition) is 11. The van der Waals surface area contributed by atoms with Crippen molar-refractivity contribution in [3.63, 3.8) is 0 Å². The van der Waals surface area contributed by atoms with E-state index in [9.17, 15) is 29.4 Å². The van der Waals surface area contributed by atoms with Gasteiger partial charge in [-0.15, -0.1) is 0 Å². The van der Waals surface area contributed by atoms with Crippen LogP contribution in [0.2, 0.25) is 0 Å². The predicted molar refractivity (Wildman–Crippen MR) is 135 cm³/mol. The molecule has 0 radical (unpaired) electrons. The standard InChI is InChI=1S/C29H24O11/c1-9-4-11-12(24-19(9)14(30)6-17(38-24)28(3)26(39-28)16-8-36-16)5-13-20(22(11)33)25(35)29(27(40-29)23(13)34)18-7-15(31)21(32)10(2)37-18/h4-6,10,16,18,21,26-27,32-33H,7-8H2,1-3H3. The fourth-order valence-corrected chi connectivity index (χ4v) is 6.63. The summed E-state index contributed by atoms with van der Waals surface area (Å²) in [5, 5.41) is 22.2. The van der Waals surface area contributed by atoms with Gasteiger partial charge in [0.15, 0.2) is 34.3 Å². The summed E-state index contributed by atoms with van der Waals surface area (Å²) >= 11 is 0. The van der Waals surface area contributed by atoms with Gasteiger partial charge in [0.1, 0.15) is 41.5 Å². The first-order valence-corrected chi connectivity index (χ1v) is 13.2. The van der Waals surface area contributed by atoms with Gasteiger partial charge in [-0.2, -0.15) is 0 Å². The third-order valence-corrected chi connectivity index (χ3v) is 9.08. The molecule has 5 aliphatic rings. The molecular formula is C29H24O11. The van der Waals surface area contributed by atoms with Gasteiger partial charge < -0.3 is 33.6 Å². The number of fused-ring (bicyclic) bond motifs is 5. The first-order chi connectivity index (χ1) is 19.0. The van der Waals surface area contributed by atoms with Crippen LogP contribution in [-0.2, 0) is 29.3 Å². The Kier molecular flexibility index (Phi) is 4.51. The Balaban J connectivity index is 1.30. The highest BCUT2D eigenvalue weighted by Crippen LogP contribution is 2.55. The molecule has 4 fully saturated rings. The van der Waals surface area contributed by atoms with E-state index in [1.165, 1.54) is 19.1 Å². The Morgan fingerprint density at radius 1 is 1.05 bits per heavy atom. The largest absolute Gasteiger partial charge is 0.507 e. The van der Waals surface area contributed by atoms with Crippen LogP contribution in [0.4, 0.5) is 0 Å². The molecule has 40 heavy (non-hydrogen) atoms. The van der Waals surface area contributed by atoms with Crippen LogP contribution in [0.1, 0.15) is 52.3 Å². The maximum atomic E-state index is 13.9. The molecule has 1 aromatic heterocycles. The summed E-state index contributed by atoms with van der Waals surface area (Å²) in [5.41, 5.74) is -2.54. The summed E-state index contributed by atoms with van der Waals surface area (Å²) in [5.74, 6) is -1.90. The number of ether oxygens (including phenoxy) is 4. The molecule has 0 amide bonds. The van der Waals surface area contributed by atoms with Crippen molar-refractivity contribution >= 4 is 39.1 Å². The summed E-state index contributed by atoms with van der Waals surface area (Å²) in [6, 6.07) is 4.41. The first-order valence-electron chi connectivity index (χ1n) is 13.2. The smallest absolute Gasteiger partial charge is 0.205 e. The van der Waals surface area contributed by atoms with Crippen LogP contribution in [0.25, 0.3) is 21.7 Å². The minimum atomic E-state index is -1.76. The molecule has 5 heterocycles. The minimum absolute atomic E-state index is 0.0616. The highest BCUT2D eigenvalue weighted by molar-refractivity contribution is 6.27. The van der Waals surface area contributed by atoms with Gasteiger partial charge in [-0.3, -0.25) is 19.2 Å². The number of phenolic OH excluding ortho intramolecular Hbond substituents is 1. The van der Waals surface area contributed by atoms with Crippen LogP contribution in [0.5, 0.6) is 5.75 Å². The fourth-order valence-electron chi connectivity index (χ4n) is 6.63. The lowest BCUT2D eigenvalue weighted by Crippen LogP contribution is -2.54. The van der Waals surface area contributed by atoms with E-state index in [1.807, 2.05) is 6.92 Å². The monoisotopic (exact) mass is 548 g/mol. The number of aliphatic hydroxyl groups excluding tert-OH is 1. The number of Topliss-reactive ketones (excluding diaryl/α,β-unsaturated/α-hetero) is 3. The number of aliphatic hydroxyl groups is 1. The Morgan fingerprint density at radius 2 is 1.80 bits per heavy atom. The quantitative estimate of drug-likeness (QED) is 0.360. The topological polar surface area (TPSA) is 169 Å². The molecule has 2 aromatic carbocycles. The van der Waals surface area contributed by atoms with Crippen LogP contribution in [0, 0.1) is 6.92 Å². The van der Waals surface area contributed by atoms with E-state index in [4.69, 9.17) is 23.4 Å². The van der Waals surface area contributed by atoms with Gasteiger partial charge in [0.25, 0.3) is 0 Å². The van der Waals surface area contributed by atoms with Gasteiger partial charge in [0.05, 0.1) is 23.7 Å². The Hall–Kier alpha value is -3.48. The number of aromatic hydroxyl groups is 1. The average molecular weight is 549 g/mol. The highest BCUT2D eigenvalue weighted by Gasteiger charge is 2.74. The second kappa shape index (κ2) is 7.42. The zero-order valence-electron chi connectivity index (χ0n) is 21.7. The van der Waals surface area contributed by atoms with Crippen molar-refractivity contribution in [1.82, 2.24) is 0 Å². The number of hydrogen-bond donors (Lipinski definition) is 2. The van der Waals surface area contributed by atoms with E-state index in [0.717, 1.165) is 0 Å². The van der Waals surface area contributed by atoms with Crippen molar-refractivity contribution in [1.29, 1.82) is 0 Å². The summed E-state index contributed by atoms with van der Waals surface area (Å²) in [6.07, 6.45) is -5.15. The zero-order valence-corrected chi connectivity index (χ0v) is 21.7. The SMILES string of the molecule is Cc1cc2c(O)c3c(cc2c2oc(C4(C)OC4C4CO4)cc(=O)c12)C(=O)C1OC1(C1CC(=O)C(O)C(C)O1)C3=O. The van der Waals surface area contributed by atoms with E-state index in [-0.39, 0.29) is 56.9 Å². The molecular weight excluding hydrogens is 524 g/mol. The second-order valence-corrected chi connectivity index (χ2v) is 11.6. The molecule has 1 aliphatic carbocycles. The van der Waals surface area contributed by atoms with Crippen molar-refractivity contribution in [3.05, 3.63) is 50.9 Å². The minimum Gasteiger partial charge on any atom is -0.507 e. The molecule has 3 aromatic rings. The number of rotatable bonds is 3. The number of benzene rings is 2. The zero-order chi connectivity index (χ0) is 28.0. The van der Waals surface area contributed by atoms with Gasteiger partial charge in [-0.1, -0.05) is 0 Å². The van der Waals surface area contributed by atoms with Crippen LogP contribution < -0.4 is 5.43 Å². The Morgan fingerprint density at radius 3 is 2.50 bits per heavy atom. The number of aryl methyl sites for hydroxylation is 1. The maximum absolute atomic E-state index is 13.9. The lowest BCUT2D eigenvalue weighted by molar-refractivity contribution is -0.160. The van der Waals surface area contributed by atoms with Crippen molar-refractivity contribution in [2.75, 3.05) is 6.61 Å². The average Bonchev–Trinajstić information content (AvgIpc) is 3.79.